The van der Waals surface area contributed by atoms with Crippen LogP contribution in [-0.4, -0.2) is 16.4 Å². The Morgan fingerprint density at radius 2 is 1.73 bits per heavy atom. The lowest BCUT2D eigenvalue weighted by molar-refractivity contribution is 0.624. The molecule has 2 N–H and O–H groups in total. The van der Waals surface area contributed by atoms with E-state index in [0.29, 0.717) is 16.3 Å². The van der Waals surface area contributed by atoms with Gasteiger partial charge in [0.05, 0.1) is 23.0 Å². The lowest BCUT2D eigenvalue weighted by atomic mass is 9.96. The zero-order valence-electron chi connectivity index (χ0n) is 15.9. The van der Waals surface area contributed by atoms with Crippen LogP contribution in [0.3, 0.4) is 0 Å². The van der Waals surface area contributed by atoms with Crippen molar-refractivity contribution in [3.63, 3.8) is 0 Å². The first-order valence-electron chi connectivity index (χ1n) is 9.26. The Balaban J connectivity index is 1.75. The molecule has 2 aromatic carbocycles. The van der Waals surface area contributed by atoms with Gasteiger partial charge in [-0.15, -0.1) is 0 Å². The van der Waals surface area contributed by atoms with Gasteiger partial charge >= 0.3 is 0 Å². The molecular formula is C23H17ClN6. The zero-order chi connectivity index (χ0) is 21.1. The SMILES string of the molecule is N#C/C(=C/c1cccn1-c1ccc(Cl)cc1)C1=NN(c2ccccc2)[C@H](N)[C@@H]1C#N. The molecule has 146 valence electrons. The van der Waals surface area contributed by atoms with Crippen LogP contribution in [0.1, 0.15) is 5.69 Å². The molecular weight excluding hydrogens is 396 g/mol. The van der Waals surface area contributed by atoms with Crippen LogP contribution < -0.4 is 10.7 Å². The minimum Gasteiger partial charge on any atom is -0.317 e. The van der Waals surface area contributed by atoms with E-state index in [1.54, 1.807) is 23.2 Å². The molecule has 0 fully saturated rings. The average molecular weight is 413 g/mol. The smallest absolute Gasteiger partial charge is 0.127 e. The van der Waals surface area contributed by atoms with Crippen molar-refractivity contribution < 1.29 is 0 Å². The Labute approximate surface area is 179 Å². The number of nitriles is 2. The van der Waals surface area contributed by atoms with Crippen LogP contribution >= 0.6 is 11.6 Å². The Hall–Kier alpha value is -3.84. The summed E-state index contributed by atoms with van der Waals surface area (Å²) in [5, 5.41) is 26.3. The summed E-state index contributed by atoms with van der Waals surface area (Å²) in [6.45, 7) is 0. The number of hydrazone groups is 1. The molecule has 1 aliphatic rings. The molecule has 0 spiro atoms. The Bertz CT molecular complexity index is 1190. The Morgan fingerprint density at radius 3 is 2.40 bits per heavy atom. The molecule has 6 nitrogen and oxygen atoms in total. The molecule has 2 heterocycles. The van der Waals surface area contributed by atoms with Crippen molar-refractivity contribution >= 4 is 29.1 Å². The minimum absolute atomic E-state index is 0.296. The van der Waals surface area contributed by atoms with Gasteiger partial charge in [-0.05, 0) is 54.6 Å². The van der Waals surface area contributed by atoms with Gasteiger partial charge < -0.3 is 10.3 Å². The molecule has 0 saturated carbocycles. The lowest BCUT2D eigenvalue weighted by Gasteiger charge is -2.21. The number of rotatable bonds is 4. The number of benzene rings is 2. The number of halogens is 1. The van der Waals surface area contributed by atoms with Gasteiger partial charge in [0.2, 0.25) is 0 Å². The Morgan fingerprint density at radius 1 is 1.00 bits per heavy atom. The van der Waals surface area contributed by atoms with E-state index in [1.165, 1.54) is 0 Å². The summed E-state index contributed by atoms with van der Waals surface area (Å²) < 4.78 is 1.93. The van der Waals surface area contributed by atoms with E-state index in [9.17, 15) is 10.5 Å². The van der Waals surface area contributed by atoms with E-state index in [-0.39, 0.29) is 0 Å². The number of hydrogen-bond donors (Lipinski definition) is 1. The molecule has 7 heteroatoms. The first kappa shape index (κ1) is 19.5. The molecule has 0 saturated heterocycles. The predicted molar refractivity (Wildman–Crippen MR) is 118 cm³/mol. The zero-order valence-corrected chi connectivity index (χ0v) is 16.6. The molecule has 4 rings (SSSR count). The van der Waals surface area contributed by atoms with Crippen LogP contribution in [0, 0.1) is 28.6 Å². The molecule has 0 amide bonds. The number of nitrogens with zero attached hydrogens (tertiary/aromatic N) is 5. The number of allylic oxidation sites excluding steroid dienone is 1. The van der Waals surface area contributed by atoms with Crippen LogP contribution in [0.15, 0.2) is 83.6 Å². The van der Waals surface area contributed by atoms with E-state index >= 15 is 0 Å². The standard InChI is InChI=1S/C23H17ClN6/c24-17-8-10-18(11-9-17)29-12-4-7-20(29)13-16(14-25)22-21(15-26)23(27)30(28-22)19-5-2-1-3-6-19/h1-13,21,23H,27H2/b16-13-/t21-,23+/m1/s1. The second kappa shape index (κ2) is 8.26. The van der Waals surface area contributed by atoms with Gasteiger partial charge in [-0.1, -0.05) is 29.8 Å². The average Bonchev–Trinajstić information content (AvgIpc) is 3.37. The molecule has 1 aromatic heterocycles. The van der Waals surface area contributed by atoms with Gasteiger partial charge in [-0.3, -0.25) is 0 Å². The van der Waals surface area contributed by atoms with E-state index in [4.69, 9.17) is 17.3 Å². The maximum atomic E-state index is 9.84. The third-order valence-corrected chi connectivity index (χ3v) is 5.12. The van der Waals surface area contributed by atoms with Gasteiger partial charge in [0.25, 0.3) is 0 Å². The number of aromatic nitrogens is 1. The topological polar surface area (TPSA) is 94.1 Å². The quantitative estimate of drug-likeness (QED) is 0.645. The highest BCUT2D eigenvalue weighted by molar-refractivity contribution is 6.30. The van der Waals surface area contributed by atoms with E-state index in [1.807, 2.05) is 65.4 Å². The van der Waals surface area contributed by atoms with Crippen molar-refractivity contribution in [1.82, 2.24) is 4.57 Å². The number of anilines is 1. The van der Waals surface area contributed by atoms with Crippen LogP contribution in [0.25, 0.3) is 11.8 Å². The fraction of sp³-hybridized carbons (Fsp3) is 0.0870. The lowest BCUT2D eigenvalue weighted by Crippen LogP contribution is -2.40. The third-order valence-electron chi connectivity index (χ3n) is 4.87. The van der Waals surface area contributed by atoms with Gasteiger partial charge in [0.15, 0.2) is 0 Å². The number of hydrogen-bond acceptors (Lipinski definition) is 5. The molecule has 2 atom stereocenters. The highest BCUT2D eigenvalue weighted by Gasteiger charge is 2.37. The van der Waals surface area contributed by atoms with Crippen molar-refractivity contribution in [3.8, 4) is 17.8 Å². The third kappa shape index (κ3) is 3.58. The molecule has 0 bridgehead atoms. The molecule has 0 radical (unpaired) electrons. The summed E-state index contributed by atoms with van der Waals surface area (Å²) in [6, 6.07) is 24.9. The molecule has 30 heavy (non-hydrogen) atoms. The summed E-state index contributed by atoms with van der Waals surface area (Å²) in [7, 11) is 0. The first-order valence-corrected chi connectivity index (χ1v) is 9.63. The van der Waals surface area contributed by atoms with Gasteiger partial charge in [0.1, 0.15) is 18.2 Å². The van der Waals surface area contributed by atoms with Crippen molar-refractivity contribution in [3.05, 3.63) is 89.2 Å². The highest BCUT2D eigenvalue weighted by Crippen LogP contribution is 2.29. The maximum absolute atomic E-state index is 9.84. The van der Waals surface area contributed by atoms with Crippen molar-refractivity contribution in [1.29, 1.82) is 10.5 Å². The monoisotopic (exact) mass is 412 g/mol. The second-order valence-corrected chi connectivity index (χ2v) is 7.15. The number of para-hydroxylation sites is 1. The summed E-state index contributed by atoms with van der Waals surface area (Å²) in [5.74, 6) is -0.727. The van der Waals surface area contributed by atoms with E-state index in [2.05, 4.69) is 17.2 Å². The molecule has 0 unspecified atom stereocenters. The minimum atomic E-state index is -0.727. The van der Waals surface area contributed by atoms with Crippen LogP contribution in [0.5, 0.6) is 0 Å². The fourth-order valence-electron chi connectivity index (χ4n) is 3.38. The molecule has 3 aromatic rings. The first-order chi connectivity index (χ1) is 14.6. The highest BCUT2D eigenvalue weighted by atomic mass is 35.5. The molecule has 1 aliphatic heterocycles. The normalized spacial score (nSPS) is 18.6. The van der Waals surface area contributed by atoms with Crippen molar-refractivity contribution in [2.75, 3.05) is 5.01 Å². The molecule has 0 aliphatic carbocycles. The van der Waals surface area contributed by atoms with Gasteiger partial charge in [-0.25, -0.2) is 5.01 Å². The Kier molecular flexibility index (Phi) is 5.36. The second-order valence-electron chi connectivity index (χ2n) is 6.71. The van der Waals surface area contributed by atoms with E-state index in [0.717, 1.165) is 17.1 Å². The van der Waals surface area contributed by atoms with Gasteiger partial charge in [-0.2, -0.15) is 15.6 Å². The predicted octanol–water partition coefficient (Wildman–Crippen LogP) is 4.34. The van der Waals surface area contributed by atoms with Crippen molar-refractivity contribution in [2.45, 2.75) is 6.17 Å². The summed E-state index contributed by atoms with van der Waals surface area (Å²) >= 11 is 5.99. The fourth-order valence-corrected chi connectivity index (χ4v) is 3.50. The summed E-state index contributed by atoms with van der Waals surface area (Å²) in [5.41, 5.74) is 9.40. The van der Waals surface area contributed by atoms with Crippen LogP contribution in [0.2, 0.25) is 5.02 Å². The van der Waals surface area contributed by atoms with Crippen LogP contribution in [-0.2, 0) is 0 Å². The van der Waals surface area contributed by atoms with Crippen LogP contribution in [0.4, 0.5) is 5.69 Å². The summed E-state index contributed by atoms with van der Waals surface area (Å²) in [6.07, 6.45) is 2.94. The summed E-state index contributed by atoms with van der Waals surface area (Å²) in [4.78, 5) is 0. The van der Waals surface area contributed by atoms with Gasteiger partial charge in [0, 0.05) is 22.6 Å². The maximum Gasteiger partial charge on any atom is 0.127 e. The largest absolute Gasteiger partial charge is 0.317 e. The van der Waals surface area contributed by atoms with E-state index < -0.39 is 12.1 Å². The van der Waals surface area contributed by atoms with Crippen molar-refractivity contribution in [2.24, 2.45) is 16.8 Å². The number of nitrogens with two attached hydrogens (primary N) is 1.